The Hall–Kier alpha value is -0.660. The van der Waals surface area contributed by atoms with E-state index >= 15 is 0 Å². The molecule has 1 saturated heterocycles. The lowest BCUT2D eigenvalue weighted by Crippen LogP contribution is -2.59. The molecule has 0 aromatic heterocycles. The molecule has 1 rings (SSSR count). The third-order valence-corrected chi connectivity index (χ3v) is 5.21. The van der Waals surface area contributed by atoms with Crippen molar-refractivity contribution in [3.8, 4) is 0 Å². The van der Waals surface area contributed by atoms with Crippen molar-refractivity contribution in [1.29, 1.82) is 0 Å². The van der Waals surface area contributed by atoms with Gasteiger partial charge in [-0.1, -0.05) is 19.8 Å². The van der Waals surface area contributed by atoms with Crippen LogP contribution in [0.1, 0.15) is 26.2 Å². The minimum absolute atomic E-state index is 0.0971. The van der Waals surface area contributed by atoms with Gasteiger partial charge in [0.15, 0.2) is 0 Å². The van der Waals surface area contributed by atoms with Crippen LogP contribution in [0.25, 0.3) is 0 Å². The fourth-order valence-corrected chi connectivity index (χ4v) is 3.29. The second kappa shape index (κ2) is 5.99. The molecule has 1 fully saturated rings. The van der Waals surface area contributed by atoms with Gasteiger partial charge in [-0.05, 0) is 6.42 Å². The van der Waals surface area contributed by atoms with Crippen LogP contribution in [0.4, 0.5) is 0 Å². The van der Waals surface area contributed by atoms with Gasteiger partial charge in [-0.2, -0.15) is 17.0 Å². The molecule has 6 nitrogen and oxygen atoms in total. The normalized spacial score (nSPS) is 22.8. The zero-order valence-corrected chi connectivity index (χ0v) is 12.4. The molecule has 1 amide bonds. The van der Waals surface area contributed by atoms with Crippen molar-refractivity contribution in [3.63, 3.8) is 0 Å². The van der Waals surface area contributed by atoms with Gasteiger partial charge in [0, 0.05) is 34.2 Å². The molecule has 0 spiro atoms. The van der Waals surface area contributed by atoms with E-state index < -0.39 is 16.3 Å². The van der Waals surface area contributed by atoms with Gasteiger partial charge in [0.1, 0.15) is 6.04 Å². The van der Waals surface area contributed by atoms with Crippen molar-refractivity contribution >= 4 is 16.1 Å². The molecule has 0 bridgehead atoms. The quantitative estimate of drug-likeness (QED) is 0.717. The Morgan fingerprint density at radius 2 is 1.94 bits per heavy atom. The first kappa shape index (κ1) is 15.4. The molecule has 1 unspecified atom stereocenters. The van der Waals surface area contributed by atoms with Crippen molar-refractivity contribution in [1.82, 2.24) is 13.5 Å². The number of carbonyl (C=O) groups is 1. The van der Waals surface area contributed by atoms with Gasteiger partial charge >= 0.3 is 0 Å². The first-order chi connectivity index (χ1) is 8.32. The maximum Gasteiger partial charge on any atom is 0.282 e. The van der Waals surface area contributed by atoms with Gasteiger partial charge in [-0.3, -0.25) is 4.79 Å². The first-order valence-corrected chi connectivity index (χ1v) is 7.66. The predicted octanol–water partition coefficient (Wildman–Crippen LogP) is 0.126. The number of carbonyl (C=O) groups excluding carboxylic acids is 1. The predicted molar refractivity (Wildman–Crippen MR) is 70.3 cm³/mol. The number of likely N-dealkylation sites (N-methyl/N-ethyl adjacent to an activating group) is 1. The molecule has 1 atom stereocenters. The number of nitrogens with zero attached hydrogens (tertiary/aromatic N) is 3. The Bertz CT molecular complexity index is 394. The molecule has 0 aliphatic carbocycles. The molecule has 0 radical (unpaired) electrons. The Kier molecular flexibility index (Phi) is 5.12. The Labute approximate surface area is 110 Å². The van der Waals surface area contributed by atoms with Crippen LogP contribution in [0.2, 0.25) is 0 Å². The van der Waals surface area contributed by atoms with Crippen LogP contribution in [0.5, 0.6) is 0 Å². The highest BCUT2D eigenvalue weighted by Gasteiger charge is 2.40. The highest BCUT2D eigenvalue weighted by molar-refractivity contribution is 7.86. The third-order valence-electron chi connectivity index (χ3n) is 3.25. The van der Waals surface area contributed by atoms with Crippen LogP contribution in [-0.2, 0) is 15.0 Å². The van der Waals surface area contributed by atoms with Crippen LogP contribution in [0.15, 0.2) is 0 Å². The summed E-state index contributed by atoms with van der Waals surface area (Å²) in [6.45, 7) is 2.85. The van der Waals surface area contributed by atoms with E-state index in [-0.39, 0.29) is 5.91 Å². The minimum atomic E-state index is -3.52. The maximum atomic E-state index is 12.2. The van der Waals surface area contributed by atoms with Crippen LogP contribution < -0.4 is 0 Å². The van der Waals surface area contributed by atoms with Crippen LogP contribution in [0.3, 0.4) is 0 Å². The van der Waals surface area contributed by atoms with Gasteiger partial charge in [-0.25, -0.2) is 0 Å². The highest BCUT2D eigenvalue weighted by atomic mass is 32.2. The molecule has 0 saturated carbocycles. The molecule has 106 valence electrons. The summed E-state index contributed by atoms with van der Waals surface area (Å²) in [5.74, 6) is -0.0971. The van der Waals surface area contributed by atoms with E-state index in [2.05, 4.69) is 0 Å². The number of unbranched alkanes of at least 4 members (excludes halogenated alkanes) is 1. The fourth-order valence-electron chi connectivity index (χ4n) is 2.04. The van der Waals surface area contributed by atoms with E-state index in [0.29, 0.717) is 19.5 Å². The summed E-state index contributed by atoms with van der Waals surface area (Å²) in [7, 11) is 1.20. The molecule has 1 heterocycles. The molecule has 0 aromatic carbocycles. The molecule has 7 heteroatoms. The van der Waals surface area contributed by atoms with Crippen molar-refractivity contribution in [2.75, 3.05) is 34.2 Å². The number of hydrogen-bond donors (Lipinski definition) is 0. The van der Waals surface area contributed by atoms with Crippen molar-refractivity contribution < 1.29 is 13.2 Å². The summed E-state index contributed by atoms with van der Waals surface area (Å²) >= 11 is 0. The SMILES string of the molecule is CCCCC1C(=O)N(C)CCN1S(=O)(=O)N(C)C. The summed E-state index contributed by atoms with van der Waals surface area (Å²) < 4.78 is 26.9. The lowest BCUT2D eigenvalue weighted by atomic mass is 10.1. The van der Waals surface area contributed by atoms with Gasteiger partial charge in [-0.15, -0.1) is 0 Å². The molecule has 18 heavy (non-hydrogen) atoms. The van der Waals surface area contributed by atoms with E-state index in [0.717, 1.165) is 12.8 Å². The van der Waals surface area contributed by atoms with Crippen LogP contribution in [0, 0.1) is 0 Å². The van der Waals surface area contributed by atoms with E-state index in [1.807, 2.05) is 6.92 Å². The lowest BCUT2D eigenvalue weighted by molar-refractivity contribution is -0.137. The van der Waals surface area contributed by atoms with Gasteiger partial charge < -0.3 is 4.90 Å². The Morgan fingerprint density at radius 3 is 2.44 bits per heavy atom. The molecular weight excluding hydrogens is 254 g/mol. The van der Waals surface area contributed by atoms with E-state index in [4.69, 9.17) is 0 Å². The van der Waals surface area contributed by atoms with Crippen molar-refractivity contribution in [2.24, 2.45) is 0 Å². The molecule has 0 N–H and O–H groups in total. The standard InChI is InChI=1S/C11H23N3O3S/c1-5-6-7-10-11(15)13(4)8-9-14(10)18(16,17)12(2)3/h10H,5-9H2,1-4H3. The number of hydrogen-bond acceptors (Lipinski definition) is 3. The van der Waals surface area contributed by atoms with Crippen LogP contribution >= 0.6 is 0 Å². The molecule has 0 aromatic rings. The average molecular weight is 277 g/mol. The van der Waals surface area contributed by atoms with E-state index in [9.17, 15) is 13.2 Å². The summed E-state index contributed by atoms with van der Waals surface area (Å²) in [4.78, 5) is 13.7. The monoisotopic (exact) mass is 277 g/mol. The summed E-state index contributed by atoms with van der Waals surface area (Å²) in [6.07, 6.45) is 2.39. The Balaban J connectivity index is 2.97. The number of rotatable bonds is 5. The second-order valence-electron chi connectivity index (χ2n) is 4.82. The lowest BCUT2D eigenvalue weighted by Gasteiger charge is -2.39. The summed E-state index contributed by atoms with van der Waals surface area (Å²) in [5, 5.41) is 0. The highest BCUT2D eigenvalue weighted by Crippen LogP contribution is 2.20. The molecular formula is C11H23N3O3S. The second-order valence-corrected chi connectivity index (χ2v) is 6.91. The Morgan fingerprint density at radius 1 is 1.33 bits per heavy atom. The smallest absolute Gasteiger partial charge is 0.282 e. The van der Waals surface area contributed by atoms with Gasteiger partial charge in [0.2, 0.25) is 5.91 Å². The zero-order chi connectivity index (χ0) is 13.9. The zero-order valence-electron chi connectivity index (χ0n) is 11.6. The minimum Gasteiger partial charge on any atom is -0.343 e. The molecule has 1 aliphatic rings. The van der Waals surface area contributed by atoms with E-state index in [1.165, 1.54) is 22.7 Å². The fraction of sp³-hybridized carbons (Fsp3) is 0.909. The third kappa shape index (κ3) is 3.02. The van der Waals surface area contributed by atoms with E-state index in [1.54, 1.807) is 11.9 Å². The summed E-state index contributed by atoms with van der Waals surface area (Å²) in [5.41, 5.74) is 0. The van der Waals surface area contributed by atoms with Gasteiger partial charge in [0.05, 0.1) is 0 Å². The number of amides is 1. The maximum absolute atomic E-state index is 12.2. The van der Waals surface area contributed by atoms with Crippen LogP contribution in [-0.4, -0.2) is 68.1 Å². The largest absolute Gasteiger partial charge is 0.343 e. The summed E-state index contributed by atoms with van der Waals surface area (Å²) in [6, 6.07) is -0.545. The number of piperazine rings is 1. The van der Waals surface area contributed by atoms with Crippen molar-refractivity contribution in [3.05, 3.63) is 0 Å². The van der Waals surface area contributed by atoms with Crippen molar-refractivity contribution in [2.45, 2.75) is 32.2 Å². The topological polar surface area (TPSA) is 60.9 Å². The average Bonchev–Trinajstić information content (AvgIpc) is 2.30. The van der Waals surface area contributed by atoms with Gasteiger partial charge in [0.25, 0.3) is 10.2 Å². The first-order valence-electron chi connectivity index (χ1n) is 6.26. The molecule has 1 aliphatic heterocycles.